The number of hydrogen-bond acceptors (Lipinski definition) is 4. The average molecular weight is 390 g/mol. The van der Waals surface area contributed by atoms with E-state index in [4.69, 9.17) is 5.73 Å². The summed E-state index contributed by atoms with van der Waals surface area (Å²) in [6, 6.07) is 9.97. The molecule has 6 nitrogen and oxygen atoms in total. The van der Waals surface area contributed by atoms with Gasteiger partial charge in [0.05, 0.1) is 0 Å². The molecular formula is C17H28ClN3O3S. The van der Waals surface area contributed by atoms with E-state index in [1.165, 1.54) is 4.31 Å². The minimum Gasteiger partial charge on any atom is -0.341 e. The van der Waals surface area contributed by atoms with E-state index in [2.05, 4.69) is 0 Å². The third-order valence-electron chi connectivity index (χ3n) is 4.73. The quantitative estimate of drug-likeness (QED) is 0.761. The van der Waals surface area contributed by atoms with Gasteiger partial charge in [0.2, 0.25) is 15.9 Å². The molecule has 2 atom stereocenters. The molecule has 142 valence electrons. The predicted molar refractivity (Wildman–Crippen MR) is 102 cm³/mol. The smallest absolute Gasteiger partial charge is 0.239 e. The van der Waals surface area contributed by atoms with Gasteiger partial charge in [0.15, 0.2) is 0 Å². The molecule has 1 heterocycles. The second kappa shape index (κ2) is 9.52. The summed E-state index contributed by atoms with van der Waals surface area (Å²) < 4.78 is 26.0. The number of nitrogens with zero attached hydrogens (tertiary/aromatic N) is 2. The summed E-state index contributed by atoms with van der Waals surface area (Å²) in [4.78, 5) is 14.2. The Morgan fingerprint density at radius 2 is 1.80 bits per heavy atom. The minimum absolute atomic E-state index is 0. The van der Waals surface area contributed by atoms with E-state index in [1.807, 2.05) is 30.3 Å². The normalized spacial score (nSPS) is 20.6. The number of rotatable bonds is 7. The van der Waals surface area contributed by atoms with Crippen LogP contribution in [0.3, 0.4) is 0 Å². The van der Waals surface area contributed by atoms with Crippen molar-refractivity contribution in [3.63, 3.8) is 0 Å². The lowest BCUT2D eigenvalue weighted by atomic mass is 9.89. The van der Waals surface area contributed by atoms with Crippen LogP contribution in [-0.2, 0) is 14.8 Å². The van der Waals surface area contributed by atoms with Crippen LogP contribution in [0.5, 0.6) is 0 Å². The molecular weight excluding hydrogens is 362 g/mol. The molecule has 2 N–H and O–H groups in total. The van der Waals surface area contributed by atoms with E-state index in [9.17, 15) is 13.2 Å². The molecule has 0 radical (unpaired) electrons. The van der Waals surface area contributed by atoms with Gasteiger partial charge in [0.1, 0.15) is 5.75 Å². The summed E-state index contributed by atoms with van der Waals surface area (Å²) in [5.74, 6) is -0.476. The molecule has 0 aromatic heterocycles. The summed E-state index contributed by atoms with van der Waals surface area (Å²) >= 11 is 0. The van der Waals surface area contributed by atoms with E-state index in [-0.39, 0.29) is 30.2 Å². The Morgan fingerprint density at radius 3 is 2.32 bits per heavy atom. The number of carbonyl (C=O) groups excluding carboxylic acids is 1. The molecule has 8 heteroatoms. The topological polar surface area (TPSA) is 83.7 Å². The fourth-order valence-corrected chi connectivity index (χ4v) is 4.81. The van der Waals surface area contributed by atoms with Crippen molar-refractivity contribution < 1.29 is 13.2 Å². The van der Waals surface area contributed by atoms with Crippen molar-refractivity contribution in [2.45, 2.75) is 19.8 Å². The summed E-state index contributed by atoms with van der Waals surface area (Å²) in [6.07, 6.45) is 0. The Bertz CT molecular complexity index is 650. The van der Waals surface area contributed by atoms with Gasteiger partial charge in [-0.1, -0.05) is 44.2 Å². The van der Waals surface area contributed by atoms with Crippen LogP contribution >= 0.6 is 12.4 Å². The van der Waals surface area contributed by atoms with E-state index in [0.717, 1.165) is 5.56 Å². The first-order valence-electron chi connectivity index (χ1n) is 8.43. The van der Waals surface area contributed by atoms with Crippen LogP contribution in [0.4, 0.5) is 0 Å². The van der Waals surface area contributed by atoms with Gasteiger partial charge < -0.3 is 10.6 Å². The number of sulfonamides is 1. The fraction of sp³-hybridized carbons (Fsp3) is 0.588. The highest BCUT2D eigenvalue weighted by molar-refractivity contribution is 7.89. The number of hydrogen-bond donors (Lipinski definition) is 1. The van der Waals surface area contributed by atoms with E-state index in [0.29, 0.717) is 32.7 Å². The zero-order valence-corrected chi connectivity index (χ0v) is 16.4. The molecule has 1 saturated heterocycles. The van der Waals surface area contributed by atoms with Crippen LogP contribution in [0.1, 0.15) is 25.3 Å². The van der Waals surface area contributed by atoms with Crippen molar-refractivity contribution in [2.24, 2.45) is 11.7 Å². The molecule has 0 aliphatic carbocycles. The highest BCUT2D eigenvalue weighted by atomic mass is 35.5. The van der Waals surface area contributed by atoms with Crippen LogP contribution in [0.15, 0.2) is 30.3 Å². The Kier molecular flexibility index (Phi) is 8.34. The molecule has 1 aromatic rings. The second-order valence-electron chi connectivity index (χ2n) is 6.15. The first-order chi connectivity index (χ1) is 11.4. The lowest BCUT2D eigenvalue weighted by Gasteiger charge is -2.21. The number of halogens is 1. The lowest BCUT2D eigenvalue weighted by Crippen LogP contribution is -2.40. The van der Waals surface area contributed by atoms with E-state index < -0.39 is 15.8 Å². The van der Waals surface area contributed by atoms with Gasteiger partial charge in [0, 0.05) is 32.1 Å². The number of likely N-dealkylation sites (tertiary alicyclic amines) is 1. The Labute approximate surface area is 156 Å². The van der Waals surface area contributed by atoms with Crippen LogP contribution in [-0.4, -0.2) is 62.0 Å². The third-order valence-corrected chi connectivity index (χ3v) is 6.64. The first kappa shape index (κ1) is 21.9. The van der Waals surface area contributed by atoms with Crippen LogP contribution in [0.2, 0.25) is 0 Å². The van der Waals surface area contributed by atoms with E-state index >= 15 is 0 Å². The maximum absolute atomic E-state index is 12.5. The van der Waals surface area contributed by atoms with Crippen molar-refractivity contribution in [1.82, 2.24) is 9.21 Å². The number of benzene rings is 1. The number of carbonyl (C=O) groups is 1. The van der Waals surface area contributed by atoms with Crippen molar-refractivity contribution in [3.8, 4) is 0 Å². The Hall–Kier alpha value is -1.15. The zero-order valence-electron chi connectivity index (χ0n) is 14.8. The van der Waals surface area contributed by atoms with E-state index in [1.54, 1.807) is 18.7 Å². The molecule has 0 unspecified atom stereocenters. The van der Waals surface area contributed by atoms with Crippen LogP contribution in [0, 0.1) is 5.92 Å². The van der Waals surface area contributed by atoms with Crippen molar-refractivity contribution in [3.05, 3.63) is 35.9 Å². The third kappa shape index (κ3) is 5.17. The highest BCUT2D eigenvalue weighted by Gasteiger charge is 2.37. The highest BCUT2D eigenvalue weighted by Crippen LogP contribution is 2.32. The molecule has 1 fully saturated rings. The molecule has 1 aromatic carbocycles. The van der Waals surface area contributed by atoms with Gasteiger partial charge >= 0.3 is 0 Å². The number of amides is 1. The summed E-state index contributed by atoms with van der Waals surface area (Å²) in [7, 11) is -3.55. The minimum atomic E-state index is -3.55. The summed E-state index contributed by atoms with van der Waals surface area (Å²) in [5.41, 5.74) is 7.03. The van der Waals surface area contributed by atoms with Gasteiger partial charge in [-0.25, -0.2) is 12.7 Å². The lowest BCUT2D eigenvalue weighted by molar-refractivity contribution is -0.127. The maximum atomic E-state index is 12.5. The van der Waals surface area contributed by atoms with Gasteiger partial charge in [-0.15, -0.1) is 12.4 Å². The molecule has 25 heavy (non-hydrogen) atoms. The first-order valence-corrected chi connectivity index (χ1v) is 10.0. The monoisotopic (exact) mass is 389 g/mol. The summed E-state index contributed by atoms with van der Waals surface area (Å²) in [6.45, 7) is 5.83. The fourth-order valence-electron chi connectivity index (χ4n) is 3.35. The van der Waals surface area contributed by atoms with Crippen molar-refractivity contribution >= 4 is 28.3 Å². The predicted octanol–water partition coefficient (Wildman–Crippen LogP) is 1.28. The number of nitrogens with two attached hydrogens (primary N) is 1. The van der Waals surface area contributed by atoms with Crippen molar-refractivity contribution in [1.29, 1.82) is 0 Å². The maximum Gasteiger partial charge on any atom is 0.239 e. The Morgan fingerprint density at radius 1 is 1.20 bits per heavy atom. The molecule has 0 saturated carbocycles. The van der Waals surface area contributed by atoms with Crippen LogP contribution in [0.25, 0.3) is 0 Å². The van der Waals surface area contributed by atoms with Gasteiger partial charge in [0.25, 0.3) is 0 Å². The molecule has 1 aliphatic rings. The molecule has 1 amide bonds. The van der Waals surface area contributed by atoms with Gasteiger partial charge in [-0.05, 0) is 18.0 Å². The molecule has 2 rings (SSSR count). The zero-order chi connectivity index (χ0) is 17.7. The van der Waals surface area contributed by atoms with Crippen molar-refractivity contribution in [2.75, 3.05) is 38.5 Å². The summed E-state index contributed by atoms with van der Waals surface area (Å²) in [5, 5.41) is 0. The molecule has 0 spiro atoms. The SMILES string of the molecule is CCN(CC)S(=O)(=O)CC(=O)N1C[C@@H](CN)[C@H](c2ccccc2)C1.Cl. The molecule has 0 bridgehead atoms. The van der Waals surface area contributed by atoms with Crippen LogP contribution < -0.4 is 5.73 Å². The second-order valence-corrected chi connectivity index (χ2v) is 8.12. The molecule has 1 aliphatic heterocycles. The Balaban J connectivity index is 0.00000312. The largest absolute Gasteiger partial charge is 0.341 e. The van der Waals surface area contributed by atoms with Gasteiger partial charge in [-0.2, -0.15) is 0 Å². The average Bonchev–Trinajstić information content (AvgIpc) is 3.00. The standard InChI is InChI=1S/C17H27N3O3S.ClH/c1-3-20(4-2)24(22,23)13-17(21)19-11-15(10-18)16(12-19)14-8-6-5-7-9-14;/h5-9,15-16H,3-4,10-13,18H2,1-2H3;1H/t15-,16+;/m1./s1. The van der Waals surface area contributed by atoms with Gasteiger partial charge in [-0.3, -0.25) is 4.79 Å².